The van der Waals surface area contributed by atoms with Gasteiger partial charge in [0.1, 0.15) is 12.1 Å². The SMILES string of the molecule is CCCCCCCC(=O)CC[C@H](N)C=O. The first-order valence-corrected chi connectivity index (χ1v) is 5.93. The van der Waals surface area contributed by atoms with E-state index in [2.05, 4.69) is 6.92 Å². The minimum Gasteiger partial charge on any atom is -0.322 e. The van der Waals surface area contributed by atoms with Crippen LogP contribution in [0.4, 0.5) is 0 Å². The van der Waals surface area contributed by atoms with Crippen LogP contribution in [0.5, 0.6) is 0 Å². The van der Waals surface area contributed by atoms with Gasteiger partial charge in [0.25, 0.3) is 0 Å². The first kappa shape index (κ1) is 14.3. The molecule has 3 heteroatoms. The van der Waals surface area contributed by atoms with Gasteiger partial charge in [-0.3, -0.25) is 4.79 Å². The van der Waals surface area contributed by atoms with Gasteiger partial charge >= 0.3 is 0 Å². The molecule has 3 nitrogen and oxygen atoms in total. The Bertz CT molecular complexity index is 180. The van der Waals surface area contributed by atoms with Crippen LogP contribution in [0.3, 0.4) is 0 Å². The van der Waals surface area contributed by atoms with Crippen LogP contribution in [0.1, 0.15) is 58.3 Å². The minimum atomic E-state index is -0.464. The molecule has 0 fully saturated rings. The van der Waals surface area contributed by atoms with Crippen LogP contribution >= 0.6 is 0 Å². The van der Waals surface area contributed by atoms with Gasteiger partial charge in [0.05, 0.1) is 6.04 Å². The molecule has 0 spiro atoms. The molecule has 0 amide bonds. The molecule has 0 aromatic rings. The van der Waals surface area contributed by atoms with Gasteiger partial charge in [-0.25, -0.2) is 0 Å². The maximum atomic E-state index is 11.3. The van der Waals surface area contributed by atoms with Crippen molar-refractivity contribution in [3.63, 3.8) is 0 Å². The molecule has 1 atom stereocenters. The van der Waals surface area contributed by atoms with E-state index in [1.54, 1.807) is 0 Å². The van der Waals surface area contributed by atoms with Crippen molar-refractivity contribution in [2.45, 2.75) is 64.3 Å². The lowest BCUT2D eigenvalue weighted by Crippen LogP contribution is -2.22. The highest BCUT2D eigenvalue weighted by atomic mass is 16.1. The molecule has 0 aliphatic rings. The summed E-state index contributed by atoms with van der Waals surface area (Å²) < 4.78 is 0. The van der Waals surface area contributed by atoms with E-state index >= 15 is 0 Å². The fraction of sp³-hybridized carbons (Fsp3) is 0.833. The molecule has 0 aliphatic heterocycles. The number of aldehydes is 1. The molecule has 0 saturated carbocycles. The van der Waals surface area contributed by atoms with Crippen molar-refractivity contribution in [2.24, 2.45) is 5.73 Å². The lowest BCUT2D eigenvalue weighted by Gasteiger charge is -2.03. The number of carbonyl (C=O) groups is 2. The number of ketones is 1. The first-order chi connectivity index (χ1) is 7.20. The average molecular weight is 213 g/mol. The second kappa shape index (κ2) is 9.84. The maximum absolute atomic E-state index is 11.3. The fourth-order valence-corrected chi connectivity index (χ4v) is 1.45. The largest absolute Gasteiger partial charge is 0.322 e. The van der Waals surface area contributed by atoms with Crippen LogP contribution in [0.15, 0.2) is 0 Å². The highest BCUT2D eigenvalue weighted by molar-refractivity contribution is 5.78. The minimum absolute atomic E-state index is 0.240. The third-order valence-corrected chi connectivity index (χ3v) is 2.49. The Labute approximate surface area is 92.4 Å². The summed E-state index contributed by atoms with van der Waals surface area (Å²) in [6.07, 6.45) is 8.12. The molecule has 0 heterocycles. The quantitative estimate of drug-likeness (QED) is 0.447. The van der Waals surface area contributed by atoms with E-state index in [4.69, 9.17) is 5.73 Å². The van der Waals surface area contributed by atoms with Gasteiger partial charge in [-0.15, -0.1) is 0 Å². The summed E-state index contributed by atoms with van der Waals surface area (Å²) in [6.45, 7) is 2.17. The number of Topliss-reactive ketones (excluding diaryl/α,β-unsaturated/α-hetero) is 1. The molecule has 0 aromatic heterocycles. The Morgan fingerprint density at radius 1 is 1.20 bits per heavy atom. The van der Waals surface area contributed by atoms with E-state index in [0.717, 1.165) is 12.8 Å². The van der Waals surface area contributed by atoms with Gasteiger partial charge in [-0.2, -0.15) is 0 Å². The molecule has 15 heavy (non-hydrogen) atoms. The predicted octanol–water partition coefficient (Wildman–Crippen LogP) is 2.22. The lowest BCUT2D eigenvalue weighted by molar-refractivity contribution is -0.119. The summed E-state index contributed by atoms with van der Waals surface area (Å²) >= 11 is 0. The third kappa shape index (κ3) is 9.60. The molecular weight excluding hydrogens is 190 g/mol. The first-order valence-electron chi connectivity index (χ1n) is 5.93. The van der Waals surface area contributed by atoms with Crippen molar-refractivity contribution in [3.8, 4) is 0 Å². The van der Waals surface area contributed by atoms with E-state index < -0.39 is 6.04 Å². The van der Waals surface area contributed by atoms with Crippen molar-refractivity contribution >= 4 is 12.1 Å². The van der Waals surface area contributed by atoms with Crippen molar-refractivity contribution in [3.05, 3.63) is 0 Å². The van der Waals surface area contributed by atoms with Gasteiger partial charge in [-0.05, 0) is 12.8 Å². The van der Waals surface area contributed by atoms with E-state index in [1.807, 2.05) is 0 Å². The van der Waals surface area contributed by atoms with Crippen molar-refractivity contribution in [1.82, 2.24) is 0 Å². The Balaban J connectivity index is 3.29. The van der Waals surface area contributed by atoms with Crippen LogP contribution in [0.25, 0.3) is 0 Å². The van der Waals surface area contributed by atoms with Gasteiger partial charge in [0.15, 0.2) is 0 Å². The summed E-state index contributed by atoms with van der Waals surface area (Å²) in [5.74, 6) is 0.240. The monoisotopic (exact) mass is 213 g/mol. The zero-order valence-corrected chi connectivity index (χ0v) is 9.71. The summed E-state index contributed by atoms with van der Waals surface area (Å²) in [6, 6.07) is -0.464. The standard InChI is InChI=1S/C12H23NO2/c1-2-3-4-5-6-7-12(15)9-8-11(13)10-14/h10-11H,2-9,13H2,1H3/t11-/m0/s1. The van der Waals surface area contributed by atoms with Crippen LogP contribution in [0.2, 0.25) is 0 Å². The fourth-order valence-electron chi connectivity index (χ4n) is 1.45. The molecule has 0 aromatic carbocycles. The van der Waals surface area contributed by atoms with E-state index in [-0.39, 0.29) is 5.78 Å². The highest BCUT2D eigenvalue weighted by Gasteiger charge is 2.05. The topological polar surface area (TPSA) is 60.2 Å². The molecule has 0 bridgehead atoms. The van der Waals surface area contributed by atoms with Gasteiger partial charge < -0.3 is 10.5 Å². The number of unbranched alkanes of at least 4 members (excludes halogenated alkanes) is 4. The molecule has 0 rings (SSSR count). The van der Waals surface area contributed by atoms with Crippen LogP contribution in [0, 0.1) is 0 Å². The van der Waals surface area contributed by atoms with Gasteiger partial charge in [0.2, 0.25) is 0 Å². The Hall–Kier alpha value is -0.700. The van der Waals surface area contributed by atoms with E-state index in [0.29, 0.717) is 25.5 Å². The summed E-state index contributed by atoms with van der Waals surface area (Å²) in [5.41, 5.74) is 5.40. The normalized spacial score (nSPS) is 12.4. The Morgan fingerprint density at radius 2 is 1.87 bits per heavy atom. The van der Waals surface area contributed by atoms with E-state index in [1.165, 1.54) is 19.3 Å². The molecule has 0 unspecified atom stereocenters. The Kier molecular flexibility index (Phi) is 9.38. The summed E-state index contributed by atoms with van der Waals surface area (Å²) in [5, 5.41) is 0. The number of carbonyl (C=O) groups excluding carboxylic acids is 2. The van der Waals surface area contributed by atoms with Crippen molar-refractivity contribution in [1.29, 1.82) is 0 Å². The maximum Gasteiger partial charge on any atom is 0.136 e. The van der Waals surface area contributed by atoms with E-state index in [9.17, 15) is 9.59 Å². The number of rotatable bonds is 10. The Morgan fingerprint density at radius 3 is 2.47 bits per heavy atom. The summed E-state index contributed by atoms with van der Waals surface area (Å²) in [7, 11) is 0. The highest BCUT2D eigenvalue weighted by Crippen LogP contribution is 2.07. The number of nitrogens with two attached hydrogens (primary N) is 1. The lowest BCUT2D eigenvalue weighted by atomic mass is 10.0. The van der Waals surface area contributed by atoms with Crippen LogP contribution < -0.4 is 5.73 Å². The van der Waals surface area contributed by atoms with Crippen LogP contribution in [-0.2, 0) is 9.59 Å². The smallest absolute Gasteiger partial charge is 0.136 e. The zero-order valence-electron chi connectivity index (χ0n) is 9.71. The molecule has 2 N–H and O–H groups in total. The molecule has 0 radical (unpaired) electrons. The number of hydrogen-bond acceptors (Lipinski definition) is 3. The predicted molar refractivity (Wildman–Crippen MR) is 61.7 cm³/mol. The zero-order chi connectivity index (χ0) is 11.5. The van der Waals surface area contributed by atoms with Crippen LogP contribution in [-0.4, -0.2) is 18.1 Å². The molecule has 0 aliphatic carbocycles. The molecule has 0 saturated heterocycles. The van der Waals surface area contributed by atoms with Gasteiger partial charge in [0, 0.05) is 12.8 Å². The average Bonchev–Trinajstić information content (AvgIpc) is 2.25. The summed E-state index contributed by atoms with van der Waals surface area (Å²) in [4.78, 5) is 21.5. The second-order valence-corrected chi connectivity index (χ2v) is 4.04. The molecular formula is C12H23NO2. The van der Waals surface area contributed by atoms with Crippen molar-refractivity contribution in [2.75, 3.05) is 0 Å². The second-order valence-electron chi connectivity index (χ2n) is 4.04. The number of hydrogen-bond donors (Lipinski definition) is 1. The molecule has 88 valence electrons. The third-order valence-electron chi connectivity index (χ3n) is 2.49. The van der Waals surface area contributed by atoms with Gasteiger partial charge in [-0.1, -0.05) is 32.6 Å². The van der Waals surface area contributed by atoms with Crippen molar-refractivity contribution < 1.29 is 9.59 Å².